The lowest BCUT2D eigenvalue weighted by atomic mass is 9.77. The van der Waals surface area contributed by atoms with Gasteiger partial charge in [0.2, 0.25) is 0 Å². The largest absolute Gasteiger partial charge is 0.462 e. The predicted molar refractivity (Wildman–Crippen MR) is 203 cm³/mol. The van der Waals surface area contributed by atoms with Crippen molar-refractivity contribution in [2.24, 2.45) is 0 Å². The number of benzene rings is 5. The van der Waals surface area contributed by atoms with Crippen LogP contribution in [-0.4, -0.2) is 42.8 Å². The number of anilines is 1. The molecule has 0 aliphatic heterocycles. The highest BCUT2D eigenvalue weighted by atomic mass is 16.5. The van der Waals surface area contributed by atoms with Crippen molar-refractivity contribution in [3.8, 4) is 22.5 Å². The van der Waals surface area contributed by atoms with E-state index in [0.29, 0.717) is 29.6 Å². The van der Waals surface area contributed by atoms with Gasteiger partial charge in [0.15, 0.2) is 5.82 Å². The molecule has 0 spiro atoms. The van der Waals surface area contributed by atoms with Crippen molar-refractivity contribution < 1.29 is 9.53 Å². The Hall–Kier alpha value is -6.48. The van der Waals surface area contributed by atoms with E-state index in [4.69, 9.17) is 15.0 Å². The molecule has 0 saturated carbocycles. The van der Waals surface area contributed by atoms with E-state index in [1.54, 1.807) is 13.1 Å². The van der Waals surface area contributed by atoms with Crippen LogP contribution in [0.25, 0.3) is 22.5 Å². The van der Waals surface area contributed by atoms with Gasteiger partial charge in [-0.2, -0.15) is 0 Å². The van der Waals surface area contributed by atoms with Crippen LogP contribution in [0.1, 0.15) is 58.7 Å². The molecule has 0 fully saturated rings. The maximum atomic E-state index is 12.6. The first-order chi connectivity index (χ1) is 25.6. The monoisotopic (exact) mass is 685 g/mol. The van der Waals surface area contributed by atoms with Gasteiger partial charge in [0.05, 0.1) is 6.61 Å². The van der Waals surface area contributed by atoms with E-state index in [1.807, 2.05) is 35.0 Å². The minimum absolute atomic E-state index is 0.274. The van der Waals surface area contributed by atoms with E-state index < -0.39 is 11.5 Å². The smallest absolute Gasteiger partial charge is 0.343 e. The van der Waals surface area contributed by atoms with Gasteiger partial charge in [0.25, 0.3) is 0 Å². The number of aromatic nitrogens is 6. The molecule has 0 atom stereocenters. The summed E-state index contributed by atoms with van der Waals surface area (Å²) in [5, 5.41) is 17.1. The Kier molecular flexibility index (Phi) is 10.2. The van der Waals surface area contributed by atoms with Crippen molar-refractivity contribution >= 4 is 11.8 Å². The fraction of sp³-hybridized carbons (Fsp3) is 0.163. The number of aryl methyl sites for hydroxylation is 1. The number of esters is 1. The molecule has 9 heteroatoms. The fourth-order valence-electron chi connectivity index (χ4n) is 6.66. The number of carbonyl (C=O) groups excluding carboxylic acids is 1. The lowest BCUT2D eigenvalue weighted by Gasteiger charge is -2.36. The number of nitrogens with zero attached hydrogens (tertiary/aromatic N) is 6. The molecular weight excluding hydrogens is 647 g/mol. The Bertz CT molecular complexity index is 2140. The third kappa shape index (κ3) is 6.68. The minimum Gasteiger partial charge on any atom is -0.462 e. The van der Waals surface area contributed by atoms with Crippen molar-refractivity contribution in [2.75, 3.05) is 11.9 Å². The minimum atomic E-state index is -0.869. The van der Waals surface area contributed by atoms with Crippen LogP contribution < -0.4 is 5.32 Å². The van der Waals surface area contributed by atoms with Gasteiger partial charge in [-0.15, -0.1) is 5.10 Å². The Morgan fingerprint density at radius 2 is 1.31 bits per heavy atom. The molecule has 0 aliphatic carbocycles. The summed E-state index contributed by atoms with van der Waals surface area (Å²) >= 11 is 0. The van der Waals surface area contributed by atoms with E-state index in [0.717, 1.165) is 51.8 Å². The lowest BCUT2D eigenvalue weighted by Crippen LogP contribution is -2.39. The first kappa shape index (κ1) is 34.0. The van der Waals surface area contributed by atoms with Gasteiger partial charge in [-0.05, 0) is 57.2 Å². The maximum Gasteiger partial charge on any atom is 0.343 e. The highest BCUT2D eigenvalue weighted by molar-refractivity contribution is 5.94. The molecule has 0 bridgehead atoms. The second-order valence-corrected chi connectivity index (χ2v) is 12.3. The van der Waals surface area contributed by atoms with Crippen LogP contribution in [0, 0.1) is 0 Å². The van der Waals surface area contributed by atoms with Crippen LogP contribution in [-0.2, 0) is 23.2 Å². The normalized spacial score (nSPS) is 11.3. The number of hydrogen-bond acceptors (Lipinski definition) is 8. The predicted octanol–water partition coefficient (Wildman–Crippen LogP) is 8.38. The van der Waals surface area contributed by atoms with Crippen molar-refractivity contribution in [1.29, 1.82) is 0 Å². The van der Waals surface area contributed by atoms with Crippen LogP contribution >= 0.6 is 0 Å². The molecule has 0 radical (unpaired) electrons. The van der Waals surface area contributed by atoms with Gasteiger partial charge in [0.1, 0.15) is 22.7 Å². The molecule has 0 aliphatic rings. The molecular formula is C43H39N7O2. The van der Waals surface area contributed by atoms with Crippen LogP contribution in [0.5, 0.6) is 0 Å². The van der Waals surface area contributed by atoms with E-state index >= 15 is 0 Å². The number of hydrogen-bond donors (Lipinski definition) is 1. The molecule has 7 rings (SSSR count). The Labute approximate surface area is 303 Å². The van der Waals surface area contributed by atoms with E-state index in [9.17, 15) is 4.79 Å². The number of ether oxygens (including phenoxy) is 1. The maximum absolute atomic E-state index is 12.6. The summed E-state index contributed by atoms with van der Waals surface area (Å²) in [5.74, 6) is 1.34. The van der Waals surface area contributed by atoms with Crippen LogP contribution in [0.3, 0.4) is 0 Å². The average Bonchev–Trinajstić information content (AvgIpc) is 3.69. The second kappa shape index (κ2) is 15.6. The number of tetrazole rings is 1. The highest BCUT2D eigenvalue weighted by Gasteiger charge is 2.42. The first-order valence-corrected chi connectivity index (χ1v) is 17.5. The molecule has 258 valence electrons. The summed E-state index contributed by atoms with van der Waals surface area (Å²) in [6.45, 7) is 4.59. The van der Waals surface area contributed by atoms with Crippen molar-refractivity contribution in [3.05, 3.63) is 179 Å². The van der Waals surface area contributed by atoms with Gasteiger partial charge >= 0.3 is 5.97 Å². The third-order valence-corrected chi connectivity index (χ3v) is 9.06. The Balaban J connectivity index is 1.27. The zero-order valence-electron chi connectivity index (χ0n) is 29.2. The highest BCUT2D eigenvalue weighted by Crippen LogP contribution is 2.43. The quantitative estimate of drug-likeness (QED) is 0.0953. The summed E-state index contributed by atoms with van der Waals surface area (Å²) in [5.41, 5.74) is 6.48. The Morgan fingerprint density at radius 1 is 0.731 bits per heavy atom. The third-order valence-electron chi connectivity index (χ3n) is 9.06. The van der Waals surface area contributed by atoms with Crippen molar-refractivity contribution in [1.82, 2.24) is 30.2 Å². The Morgan fingerprint density at radius 3 is 1.88 bits per heavy atom. The van der Waals surface area contributed by atoms with Gasteiger partial charge < -0.3 is 10.1 Å². The molecule has 5 aromatic carbocycles. The molecule has 0 saturated heterocycles. The zero-order valence-corrected chi connectivity index (χ0v) is 29.2. The standard InChI is InChI=1S/C43H39N7O2/c1-3-16-39-44-30-38(42(51)52-4-2)40(46-39)45-29-31-25-27-32(28-26-31)36-23-14-15-24-37(36)41-47-48-49-50(41)43(33-17-8-5-9-18-33,34-19-10-6-11-20-34)35-21-12-7-13-22-35/h5-15,17-28,30H,3-4,16,29H2,1-2H3,(H,44,45,46). The fourth-order valence-corrected chi connectivity index (χ4v) is 6.66. The topological polar surface area (TPSA) is 108 Å². The van der Waals surface area contributed by atoms with Gasteiger partial charge in [0, 0.05) is 24.7 Å². The SMILES string of the molecule is CCCc1ncc(C(=O)OCC)c(NCc2ccc(-c3ccccc3-c3nnnn3C(c3ccccc3)(c3ccccc3)c3ccccc3)cc2)n1. The molecule has 9 nitrogen and oxygen atoms in total. The molecule has 1 N–H and O–H groups in total. The molecule has 2 heterocycles. The summed E-state index contributed by atoms with van der Waals surface area (Å²) in [7, 11) is 0. The van der Waals surface area contributed by atoms with E-state index in [-0.39, 0.29) is 6.61 Å². The second-order valence-electron chi connectivity index (χ2n) is 12.3. The summed E-state index contributed by atoms with van der Waals surface area (Å²) in [6.07, 6.45) is 3.17. The van der Waals surface area contributed by atoms with E-state index in [2.05, 4.69) is 137 Å². The van der Waals surface area contributed by atoms with Crippen LogP contribution in [0.4, 0.5) is 5.82 Å². The zero-order chi connectivity index (χ0) is 35.8. The van der Waals surface area contributed by atoms with Crippen LogP contribution in [0.15, 0.2) is 146 Å². The molecule has 0 amide bonds. The molecule has 2 aromatic heterocycles. The molecule has 52 heavy (non-hydrogen) atoms. The molecule has 0 unspecified atom stereocenters. The van der Waals surface area contributed by atoms with Gasteiger partial charge in [-0.25, -0.2) is 19.4 Å². The summed E-state index contributed by atoms with van der Waals surface area (Å²) in [4.78, 5) is 21.6. The van der Waals surface area contributed by atoms with E-state index in [1.165, 1.54) is 0 Å². The summed E-state index contributed by atoms with van der Waals surface area (Å²) < 4.78 is 7.22. The van der Waals surface area contributed by atoms with Gasteiger partial charge in [-0.3, -0.25) is 0 Å². The van der Waals surface area contributed by atoms with Crippen LogP contribution in [0.2, 0.25) is 0 Å². The van der Waals surface area contributed by atoms with Crippen molar-refractivity contribution in [2.45, 2.75) is 38.8 Å². The number of carbonyl (C=O) groups is 1. The number of rotatable bonds is 13. The lowest BCUT2D eigenvalue weighted by molar-refractivity contribution is 0.0526. The average molecular weight is 686 g/mol. The van der Waals surface area contributed by atoms with Crippen molar-refractivity contribution in [3.63, 3.8) is 0 Å². The van der Waals surface area contributed by atoms with Gasteiger partial charge in [-0.1, -0.05) is 146 Å². The first-order valence-electron chi connectivity index (χ1n) is 17.5. The summed E-state index contributed by atoms with van der Waals surface area (Å²) in [6, 6.07) is 47.7. The number of nitrogens with one attached hydrogen (secondary N) is 1. The molecule has 7 aromatic rings.